The largest absolute Gasteiger partial charge is 0.381 e. The molecule has 17 heavy (non-hydrogen) atoms. The summed E-state index contributed by atoms with van der Waals surface area (Å²) in [5.74, 6) is 0. The van der Waals surface area contributed by atoms with Crippen LogP contribution in [-0.2, 0) is 4.74 Å². The van der Waals surface area contributed by atoms with Gasteiger partial charge in [-0.15, -0.1) is 0 Å². The van der Waals surface area contributed by atoms with E-state index >= 15 is 0 Å². The first-order chi connectivity index (χ1) is 8.20. The van der Waals surface area contributed by atoms with Crippen molar-refractivity contribution in [3.63, 3.8) is 0 Å². The number of hydrogen-bond acceptors (Lipinski definition) is 2. The molecule has 1 aromatic rings. The molecule has 3 heteroatoms. The third-order valence-corrected chi connectivity index (χ3v) is 3.84. The second kappa shape index (κ2) is 5.74. The Kier molecular flexibility index (Phi) is 4.30. The van der Waals surface area contributed by atoms with Crippen LogP contribution in [0.5, 0.6) is 0 Å². The molecule has 2 atom stereocenters. The maximum Gasteiger partial charge on any atom is 0.0640 e. The molecule has 0 radical (unpaired) electrons. The van der Waals surface area contributed by atoms with Crippen molar-refractivity contribution >= 4 is 17.3 Å². The van der Waals surface area contributed by atoms with Gasteiger partial charge in [0.1, 0.15) is 0 Å². The molecule has 94 valence electrons. The number of halogens is 1. The van der Waals surface area contributed by atoms with Gasteiger partial charge >= 0.3 is 0 Å². The predicted molar refractivity (Wildman–Crippen MR) is 72.9 cm³/mol. The highest BCUT2D eigenvalue weighted by Crippen LogP contribution is 2.29. The van der Waals surface area contributed by atoms with Crippen LogP contribution in [0.1, 0.15) is 31.2 Å². The minimum Gasteiger partial charge on any atom is -0.381 e. The van der Waals surface area contributed by atoms with Crippen LogP contribution in [0.25, 0.3) is 0 Å². The van der Waals surface area contributed by atoms with Crippen molar-refractivity contribution in [2.24, 2.45) is 0 Å². The first kappa shape index (κ1) is 12.7. The van der Waals surface area contributed by atoms with Crippen LogP contribution in [0.2, 0.25) is 5.02 Å². The van der Waals surface area contributed by atoms with E-state index in [0.29, 0.717) is 12.1 Å². The Morgan fingerprint density at radius 1 is 1.35 bits per heavy atom. The van der Waals surface area contributed by atoms with Crippen molar-refractivity contribution in [2.45, 2.75) is 44.8 Å². The van der Waals surface area contributed by atoms with Gasteiger partial charge in [0, 0.05) is 13.2 Å². The Morgan fingerprint density at radius 2 is 2.18 bits per heavy atom. The molecule has 0 aromatic heterocycles. The number of rotatable bonds is 3. The molecule has 0 amide bonds. The van der Waals surface area contributed by atoms with Gasteiger partial charge in [0.15, 0.2) is 0 Å². The molecular formula is C14H20ClNO. The number of nitrogens with one attached hydrogen (secondary N) is 1. The Balaban J connectivity index is 2.05. The number of benzene rings is 1. The molecule has 1 N–H and O–H groups in total. The van der Waals surface area contributed by atoms with Crippen LogP contribution in [-0.4, -0.2) is 19.3 Å². The minimum atomic E-state index is 0.393. The van der Waals surface area contributed by atoms with Gasteiger partial charge in [-0.2, -0.15) is 0 Å². The molecule has 2 unspecified atom stereocenters. The fourth-order valence-electron chi connectivity index (χ4n) is 2.51. The Hall–Kier alpha value is -0.730. The van der Waals surface area contributed by atoms with Crippen molar-refractivity contribution < 1.29 is 4.74 Å². The zero-order valence-corrected chi connectivity index (χ0v) is 11.3. The fourth-order valence-corrected chi connectivity index (χ4v) is 2.79. The molecule has 0 bridgehead atoms. The van der Waals surface area contributed by atoms with E-state index in [-0.39, 0.29) is 0 Å². The summed E-state index contributed by atoms with van der Waals surface area (Å²) in [7, 11) is 1.80. The summed E-state index contributed by atoms with van der Waals surface area (Å²) in [5.41, 5.74) is 2.29. The van der Waals surface area contributed by atoms with Gasteiger partial charge in [0.2, 0.25) is 0 Å². The molecule has 1 aliphatic rings. The van der Waals surface area contributed by atoms with Crippen molar-refractivity contribution in [3.05, 3.63) is 28.8 Å². The third-order valence-electron chi connectivity index (χ3n) is 3.53. The summed E-state index contributed by atoms with van der Waals surface area (Å²) in [6.07, 6.45) is 5.06. The monoisotopic (exact) mass is 253 g/mol. The van der Waals surface area contributed by atoms with Crippen molar-refractivity contribution in [1.29, 1.82) is 0 Å². The zero-order chi connectivity index (χ0) is 12.3. The van der Waals surface area contributed by atoms with Gasteiger partial charge in [0.05, 0.1) is 16.8 Å². The van der Waals surface area contributed by atoms with Crippen LogP contribution >= 0.6 is 11.6 Å². The molecule has 1 aliphatic carbocycles. The number of ether oxygens (including phenoxy) is 1. The number of anilines is 1. The number of para-hydroxylation sites is 1. The van der Waals surface area contributed by atoms with Gasteiger partial charge < -0.3 is 10.1 Å². The second-order valence-electron chi connectivity index (χ2n) is 4.80. The number of aryl methyl sites for hydroxylation is 1. The molecule has 0 saturated heterocycles. The van der Waals surface area contributed by atoms with Crippen LogP contribution in [0.15, 0.2) is 18.2 Å². The Morgan fingerprint density at radius 3 is 2.88 bits per heavy atom. The van der Waals surface area contributed by atoms with E-state index in [1.165, 1.54) is 24.8 Å². The summed E-state index contributed by atoms with van der Waals surface area (Å²) >= 11 is 6.23. The average molecular weight is 254 g/mol. The lowest BCUT2D eigenvalue weighted by atomic mass is 9.92. The predicted octanol–water partition coefficient (Wildman–Crippen LogP) is 4.02. The lowest BCUT2D eigenvalue weighted by Crippen LogP contribution is -2.31. The van der Waals surface area contributed by atoms with Gasteiger partial charge in [-0.1, -0.05) is 23.7 Å². The average Bonchev–Trinajstić information content (AvgIpc) is 2.34. The highest BCUT2D eigenvalue weighted by molar-refractivity contribution is 6.33. The van der Waals surface area contributed by atoms with Crippen molar-refractivity contribution in [3.8, 4) is 0 Å². The zero-order valence-electron chi connectivity index (χ0n) is 10.5. The SMILES string of the molecule is COC1CCCC(Nc2c(C)cccc2Cl)C1. The minimum absolute atomic E-state index is 0.393. The summed E-state index contributed by atoms with van der Waals surface area (Å²) in [4.78, 5) is 0. The lowest BCUT2D eigenvalue weighted by molar-refractivity contribution is 0.0669. The van der Waals surface area contributed by atoms with Gasteiger partial charge in [-0.25, -0.2) is 0 Å². The second-order valence-corrected chi connectivity index (χ2v) is 5.20. The normalized spacial score (nSPS) is 24.6. The smallest absolute Gasteiger partial charge is 0.0640 e. The first-order valence-electron chi connectivity index (χ1n) is 6.25. The molecule has 0 heterocycles. The summed E-state index contributed by atoms with van der Waals surface area (Å²) in [5, 5.41) is 4.38. The molecule has 1 saturated carbocycles. The van der Waals surface area contributed by atoms with Crippen molar-refractivity contribution in [2.75, 3.05) is 12.4 Å². The van der Waals surface area contributed by atoms with E-state index in [0.717, 1.165) is 17.1 Å². The van der Waals surface area contributed by atoms with Gasteiger partial charge in [-0.05, 0) is 44.2 Å². The quantitative estimate of drug-likeness (QED) is 0.879. The summed E-state index contributed by atoms with van der Waals surface area (Å²) < 4.78 is 5.45. The summed E-state index contributed by atoms with van der Waals surface area (Å²) in [6.45, 7) is 2.09. The molecular weight excluding hydrogens is 234 g/mol. The first-order valence-corrected chi connectivity index (χ1v) is 6.63. The standard InChI is InChI=1S/C14H20ClNO/c1-10-5-3-8-13(15)14(10)16-11-6-4-7-12(9-11)17-2/h3,5,8,11-12,16H,4,6-7,9H2,1-2H3. The molecule has 1 fully saturated rings. The molecule has 2 rings (SSSR count). The van der Waals surface area contributed by atoms with Crippen LogP contribution < -0.4 is 5.32 Å². The van der Waals surface area contributed by atoms with Gasteiger partial charge in [0.25, 0.3) is 0 Å². The van der Waals surface area contributed by atoms with E-state index in [2.05, 4.69) is 18.3 Å². The fraction of sp³-hybridized carbons (Fsp3) is 0.571. The molecule has 0 spiro atoms. The van der Waals surface area contributed by atoms with Crippen LogP contribution in [0, 0.1) is 6.92 Å². The van der Waals surface area contributed by atoms with E-state index in [1.807, 2.05) is 12.1 Å². The summed E-state index contributed by atoms with van der Waals surface area (Å²) in [6, 6.07) is 6.49. The van der Waals surface area contributed by atoms with E-state index < -0.39 is 0 Å². The maximum atomic E-state index is 6.23. The van der Waals surface area contributed by atoms with Gasteiger partial charge in [-0.3, -0.25) is 0 Å². The Bertz CT molecular complexity index is 360. The van der Waals surface area contributed by atoms with Crippen molar-refractivity contribution in [1.82, 2.24) is 0 Å². The molecule has 0 aliphatic heterocycles. The van der Waals surface area contributed by atoms with Crippen LogP contribution in [0.3, 0.4) is 0 Å². The number of methoxy groups -OCH3 is 1. The highest BCUT2D eigenvalue weighted by Gasteiger charge is 2.22. The van der Waals surface area contributed by atoms with E-state index in [9.17, 15) is 0 Å². The maximum absolute atomic E-state index is 6.23. The highest BCUT2D eigenvalue weighted by atomic mass is 35.5. The number of hydrogen-bond donors (Lipinski definition) is 1. The van der Waals surface area contributed by atoms with Crippen LogP contribution in [0.4, 0.5) is 5.69 Å². The van der Waals surface area contributed by atoms with E-state index in [1.54, 1.807) is 7.11 Å². The van der Waals surface area contributed by atoms with E-state index in [4.69, 9.17) is 16.3 Å². The lowest BCUT2D eigenvalue weighted by Gasteiger charge is -2.30. The molecule has 1 aromatic carbocycles. The Labute approximate surface area is 108 Å². The molecule has 2 nitrogen and oxygen atoms in total. The topological polar surface area (TPSA) is 21.3 Å². The third kappa shape index (κ3) is 3.14.